The van der Waals surface area contributed by atoms with E-state index in [1.54, 1.807) is 12.1 Å². The molecule has 0 saturated carbocycles. The van der Waals surface area contributed by atoms with Crippen LogP contribution in [0.5, 0.6) is 0 Å². The molecule has 8 nitrogen and oxygen atoms in total. The van der Waals surface area contributed by atoms with Gasteiger partial charge in [-0.05, 0) is 65.8 Å². The summed E-state index contributed by atoms with van der Waals surface area (Å²) in [5.41, 5.74) is 0.818. The van der Waals surface area contributed by atoms with Crippen LogP contribution < -0.4 is 20.1 Å². The van der Waals surface area contributed by atoms with Gasteiger partial charge in [-0.25, -0.2) is 12.8 Å². The predicted molar refractivity (Wildman–Crippen MR) is 175 cm³/mol. The number of anilines is 1. The van der Waals surface area contributed by atoms with E-state index >= 15 is 4.39 Å². The third-order valence-corrected chi connectivity index (χ3v) is 10.6. The molecule has 1 aromatic heterocycles. The number of nitriles is 1. The van der Waals surface area contributed by atoms with E-state index < -0.39 is 32.9 Å². The van der Waals surface area contributed by atoms with Crippen LogP contribution >= 0.6 is 11.3 Å². The first-order valence-electron chi connectivity index (χ1n) is 14.5. The van der Waals surface area contributed by atoms with E-state index in [9.17, 15) is 23.3 Å². The van der Waals surface area contributed by atoms with Crippen molar-refractivity contribution in [2.75, 3.05) is 18.4 Å². The van der Waals surface area contributed by atoms with Gasteiger partial charge < -0.3 is 5.32 Å². The van der Waals surface area contributed by atoms with Crippen LogP contribution in [0.15, 0.2) is 82.5 Å². The number of amides is 1. The summed E-state index contributed by atoms with van der Waals surface area (Å²) in [6, 6.07) is 21.0. The minimum Gasteiger partial charge on any atom is -0.321 e. The zero-order valence-corrected chi connectivity index (χ0v) is 26.8. The molecule has 232 valence electrons. The van der Waals surface area contributed by atoms with Crippen LogP contribution in [-0.2, 0) is 20.2 Å². The molecule has 11 heteroatoms. The van der Waals surface area contributed by atoms with Crippen LogP contribution in [0.4, 0.5) is 10.1 Å². The molecule has 0 aliphatic carbocycles. The summed E-state index contributed by atoms with van der Waals surface area (Å²) < 4.78 is 44.1. The molecular weight excluding hydrogens is 612 g/mol. The van der Waals surface area contributed by atoms with Gasteiger partial charge in [0, 0.05) is 18.8 Å². The summed E-state index contributed by atoms with van der Waals surface area (Å²) in [6.45, 7) is 7.14. The maximum atomic E-state index is 15.0. The number of aromatic nitrogens is 1. The maximum Gasteiger partial charge on any atom is 0.273 e. The largest absolute Gasteiger partial charge is 0.321 e. The zero-order valence-electron chi connectivity index (χ0n) is 25.2. The van der Waals surface area contributed by atoms with E-state index in [0.717, 1.165) is 46.3 Å². The SMILES string of the molecule is CC(C)(C)c1ccc(/C=c2/s/c(=C(\C#N)C(=O)Nc3cccc(S(=O)(=O)N4CCCCC4)c3)n(-c3ccccc3F)c2=O)cc1. The van der Waals surface area contributed by atoms with E-state index in [0.29, 0.717) is 13.1 Å². The van der Waals surface area contributed by atoms with Gasteiger partial charge in [0.1, 0.15) is 16.5 Å². The van der Waals surface area contributed by atoms with E-state index in [-0.39, 0.29) is 30.9 Å². The zero-order chi connectivity index (χ0) is 32.4. The molecule has 0 atom stereocenters. The second-order valence-electron chi connectivity index (χ2n) is 11.8. The summed E-state index contributed by atoms with van der Waals surface area (Å²) >= 11 is 0.897. The Kier molecular flexibility index (Phi) is 9.20. The number of para-hydroxylation sites is 1. The molecule has 0 spiro atoms. The maximum absolute atomic E-state index is 15.0. The lowest BCUT2D eigenvalue weighted by molar-refractivity contribution is -0.111. The topological polar surface area (TPSA) is 112 Å². The number of carbonyl (C=O) groups excluding carboxylic acids is 1. The summed E-state index contributed by atoms with van der Waals surface area (Å²) in [5, 5.41) is 12.8. The lowest BCUT2D eigenvalue weighted by Crippen LogP contribution is -2.35. The molecule has 1 saturated heterocycles. The van der Waals surface area contributed by atoms with Gasteiger partial charge in [-0.1, -0.05) is 69.7 Å². The lowest BCUT2D eigenvalue weighted by Gasteiger charge is -2.26. The number of thiazole rings is 1. The summed E-state index contributed by atoms with van der Waals surface area (Å²) in [5.74, 6) is -1.56. The molecule has 0 bridgehead atoms. The van der Waals surface area contributed by atoms with E-state index in [1.165, 1.54) is 46.8 Å². The van der Waals surface area contributed by atoms with Crippen molar-refractivity contribution in [2.45, 2.75) is 50.3 Å². The molecule has 3 aromatic carbocycles. The average molecular weight is 645 g/mol. The van der Waals surface area contributed by atoms with Crippen molar-refractivity contribution < 1.29 is 17.6 Å². The highest BCUT2D eigenvalue weighted by Gasteiger charge is 2.26. The van der Waals surface area contributed by atoms with E-state index in [2.05, 4.69) is 26.1 Å². The van der Waals surface area contributed by atoms with Crippen molar-refractivity contribution in [1.82, 2.24) is 8.87 Å². The first-order valence-corrected chi connectivity index (χ1v) is 16.8. The summed E-state index contributed by atoms with van der Waals surface area (Å²) in [7, 11) is -3.77. The molecular formula is C34H33FN4O4S2. The molecule has 1 amide bonds. The minimum absolute atomic E-state index is 0.0226. The highest BCUT2D eigenvalue weighted by Crippen LogP contribution is 2.24. The molecule has 1 aliphatic rings. The van der Waals surface area contributed by atoms with Crippen LogP contribution in [0.1, 0.15) is 51.2 Å². The summed E-state index contributed by atoms with van der Waals surface area (Å²) in [6.07, 6.45) is 4.17. The van der Waals surface area contributed by atoms with Gasteiger partial charge >= 0.3 is 0 Å². The van der Waals surface area contributed by atoms with Crippen molar-refractivity contribution in [3.05, 3.63) is 109 Å². The highest BCUT2D eigenvalue weighted by molar-refractivity contribution is 7.89. The van der Waals surface area contributed by atoms with Gasteiger partial charge in [0.15, 0.2) is 5.57 Å². The number of nitrogens with zero attached hydrogens (tertiary/aromatic N) is 3. The fraction of sp³-hybridized carbons (Fsp3) is 0.265. The number of carbonyl (C=O) groups is 1. The Bertz CT molecular complexity index is 2080. The number of hydrogen-bond donors (Lipinski definition) is 1. The van der Waals surface area contributed by atoms with Crippen molar-refractivity contribution in [1.29, 1.82) is 5.26 Å². The number of benzene rings is 3. The lowest BCUT2D eigenvalue weighted by atomic mass is 9.87. The predicted octanol–water partition coefficient (Wildman–Crippen LogP) is 4.65. The molecule has 0 unspecified atom stereocenters. The number of piperidine rings is 1. The Morgan fingerprint density at radius 1 is 1.00 bits per heavy atom. The first-order chi connectivity index (χ1) is 21.4. The Balaban J connectivity index is 1.60. The number of sulfonamides is 1. The normalized spacial score (nSPS) is 15.4. The monoisotopic (exact) mass is 644 g/mol. The van der Waals surface area contributed by atoms with Gasteiger partial charge in [-0.3, -0.25) is 14.2 Å². The first kappa shape index (κ1) is 32.0. The molecule has 1 N–H and O–H groups in total. The Morgan fingerprint density at radius 3 is 2.33 bits per heavy atom. The van der Waals surface area contributed by atoms with Crippen LogP contribution in [0.3, 0.4) is 0 Å². The summed E-state index contributed by atoms with van der Waals surface area (Å²) in [4.78, 5) is 27.3. The fourth-order valence-corrected chi connectivity index (χ4v) is 7.77. The van der Waals surface area contributed by atoms with Crippen LogP contribution in [-0.4, -0.2) is 36.3 Å². The van der Waals surface area contributed by atoms with Gasteiger partial charge in [-0.2, -0.15) is 9.57 Å². The second-order valence-corrected chi connectivity index (χ2v) is 14.8. The molecule has 1 aliphatic heterocycles. The van der Waals surface area contributed by atoms with Crippen molar-refractivity contribution in [2.24, 2.45) is 0 Å². The van der Waals surface area contributed by atoms with Gasteiger partial charge in [0.05, 0.1) is 15.1 Å². The fourth-order valence-electron chi connectivity index (χ4n) is 5.11. The van der Waals surface area contributed by atoms with Gasteiger partial charge in [0.2, 0.25) is 10.0 Å². The number of halogens is 1. The molecule has 2 heterocycles. The Labute approximate surface area is 265 Å². The smallest absolute Gasteiger partial charge is 0.273 e. The molecule has 0 radical (unpaired) electrons. The standard InChI is InChI=1S/C34H33FN4O4S2/c1-34(2,3)24-16-14-23(15-17-24)20-30-32(41)39(29-13-6-5-12-28(29)35)33(44-30)27(22-36)31(40)37-25-10-9-11-26(21-25)45(42,43)38-18-7-4-8-19-38/h5-6,9-17,20-21H,4,7-8,18-19H2,1-3H3,(H,37,40)/b30-20+,33-27+. The minimum atomic E-state index is -3.77. The average Bonchev–Trinajstić information content (AvgIpc) is 3.32. The van der Waals surface area contributed by atoms with Crippen molar-refractivity contribution in [3.8, 4) is 11.8 Å². The van der Waals surface area contributed by atoms with Gasteiger partial charge in [-0.15, -0.1) is 11.3 Å². The number of nitrogens with one attached hydrogen (secondary N) is 1. The molecule has 5 rings (SSSR count). The number of rotatable bonds is 6. The van der Waals surface area contributed by atoms with Crippen molar-refractivity contribution in [3.63, 3.8) is 0 Å². The van der Waals surface area contributed by atoms with Gasteiger partial charge in [0.25, 0.3) is 11.5 Å². The van der Waals surface area contributed by atoms with Crippen LogP contribution in [0.25, 0.3) is 17.3 Å². The quantitative estimate of drug-likeness (QED) is 0.329. The van der Waals surface area contributed by atoms with E-state index in [4.69, 9.17) is 0 Å². The van der Waals surface area contributed by atoms with Crippen LogP contribution in [0.2, 0.25) is 0 Å². The molecule has 4 aromatic rings. The third kappa shape index (κ3) is 6.83. The van der Waals surface area contributed by atoms with Crippen molar-refractivity contribution >= 4 is 44.6 Å². The second kappa shape index (κ2) is 12.9. The third-order valence-electron chi connectivity index (χ3n) is 7.59. The Hall–Kier alpha value is -4.37. The molecule has 45 heavy (non-hydrogen) atoms. The van der Waals surface area contributed by atoms with E-state index in [1.807, 2.05) is 30.3 Å². The molecule has 1 fully saturated rings. The number of hydrogen-bond acceptors (Lipinski definition) is 6. The Morgan fingerprint density at radius 2 is 1.69 bits per heavy atom. The highest BCUT2D eigenvalue weighted by atomic mass is 32.2. The van der Waals surface area contributed by atoms with Crippen LogP contribution in [0, 0.1) is 17.1 Å².